The largest absolute Gasteiger partial charge is 0.424 e. The number of fused-ring (bicyclic) bond motifs is 1. The van der Waals surface area contributed by atoms with E-state index in [0.29, 0.717) is 11.9 Å². The number of halogens is 1. The summed E-state index contributed by atoms with van der Waals surface area (Å²) in [5.41, 5.74) is 4.61. The Kier molecular flexibility index (Phi) is 3.38. The maximum Gasteiger partial charge on any atom is 0.322 e. The first-order chi connectivity index (χ1) is 9.26. The first kappa shape index (κ1) is 12.4. The van der Waals surface area contributed by atoms with Crippen molar-refractivity contribution >= 4 is 11.6 Å². The van der Waals surface area contributed by atoms with Gasteiger partial charge in [-0.3, -0.25) is 0 Å². The number of alkyl halides is 1. The highest BCUT2D eigenvalue weighted by atomic mass is 35.5. The Balaban J connectivity index is 1.83. The van der Waals surface area contributed by atoms with Gasteiger partial charge in [0, 0.05) is 17.5 Å². The van der Waals surface area contributed by atoms with Gasteiger partial charge in [0.25, 0.3) is 0 Å². The summed E-state index contributed by atoms with van der Waals surface area (Å²) in [6.07, 6.45) is 5.27. The molecule has 0 amide bonds. The molecule has 98 valence electrons. The van der Waals surface area contributed by atoms with Crippen molar-refractivity contribution in [1.29, 1.82) is 0 Å². The molecule has 1 aliphatic carbocycles. The first-order valence-corrected chi connectivity index (χ1v) is 6.98. The second-order valence-corrected chi connectivity index (χ2v) is 5.05. The molecule has 3 nitrogen and oxygen atoms in total. The lowest BCUT2D eigenvalue weighted by Crippen LogP contribution is -1.97. The normalized spacial score (nSPS) is 13.4. The van der Waals surface area contributed by atoms with E-state index in [-0.39, 0.29) is 0 Å². The standard InChI is InChI=1S/C15H15ClN2O/c1-10-13(8-16)9-17-15(18-10)19-14-6-5-11-3-2-4-12(11)7-14/h5-7,9H,2-4,8H2,1H3. The van der Waals surface area contributed by atoms with Gasteiger partial charge < -0.3 is 4.74 Å². The van der Waals surface area contributed by atoms with Crippen LogP contribution in [0.2, 0.25) is 0 Å². The second-order valence-electron chi connectivity index (χ2n) is 4.78. The molecule has 0 bridgehead atoms. The summed E-state index contributed by atoms with van der Waals surface area (Å²) in [6.45, 7) is 1.91. The van der Waals surface area contributed by atoms with E-state index in [0.717, 1.165) is 23.4 Å². The number of ether oxygens (including phenoxy) is 1. The van der Waals surface area contributed by atoms with Crippen LogP contribution in [-0.4, -0.2) is 9.97 Å². The molecule has 0 radical (unpaired) electrons. The summed E-state index contributed by atoms with van der Waals surface area (Å²) in [7, 11) is 0. The molecule has 0 atom stereocenters. The summed E-state index contributed by atoms with van der Waals surface area (Å²) in [5.74, 6) is 1.23. The Hall–Kier alpha value is -1.61. The smallest absolute Gasteiger partial charge is 0.322 e. The van der Waals surface area contributed by atoms with Crippen molar-refractivity contribution in [2.75, 3.05) is 0 Å². The maximum absolute atomic E-state index is 5.79. The number of aromatic nitrogens is 2. The van der Waals surface area contributed by atoms with Crippen LogP contribution in [0, 0.1) is 6.92 Å². The molecule has 0 saturated carbocycles. The molecule has 0 N–H and O–H groups in total. The third kappa shape index (κ3) is 2.56. The zero-order valence-electron chi connectivity index (χ0n) is 10.8. The minimum atomic E-state index is 0.379. The third-order valence-electron chi connectivity index (χ3n) is 3.48. The molecular formula is C15H15ClN2O. The quantitative estimate of drug-likeness (QED) is 0.799. The molecule has 1 aromatic heterocycles. The monoisotopic (exact) mass is 274 g/mol. The number of hydrogen-bond donors (Lipinski definition) is 0. The van der Waals surface area contributed by atoms with Gasteiger partial charge in [-0.1, -0.05) is 6.07 Å². The highest BCUT2D eigenvalue weighted by molar-refractivity contribution is 6.17. The van der Waals surface area contributed by atoms with Gasteiger partial charge >= 0.3 is 6.01 Å². The highest BCUT2D eigenvalue weighted by Crippen LogP contribution is 2.28. The van der Waals surface area contributed by atoms with E-state index in [9.17, 15) is 0 Å². The minimum absolute atomic E-state index is 0.379. The van der Waals surface area contributed by atoms with Crippen molar-refractivity contribution in [1.82, 2.24) is 9.97 Å². The van der Waals surface area contributed by atoms with Crippen molar-refractivity contribution < 1.29 is 4.74 Å². The Bertz CT molecular complexity index is 613. The van der Waals surface area contributed by atoms with Crippen LogP contribution in [0.5, 0.6) is 11.8 Å². The highest BCUT2D eigenvalue weighted by Gasteiger charge is 2.12. The SMILES string of the molecule is Cc1nc(Oc2ccc3c(c2)CCC3)ncc1CCl. The summed E-state index contributed by atoms with van der Waals surface area (Å²) < 4.78 is 5.72. The Morgan fingerprint density at radius 3 is 2.89 bits per heavy atom. The molecule has 1 aliphatic rings. The predicted octanol–water partition coefficient (Wildman–Crippen LogP) is 3.80. The molecule has 0 spiro atoms. The van der Waals surface area contributed by atoms with E-state index in [1.54, 1.807) is 6.20 Å². The maximum atomic E-state index is 5.79. The van der Waals surface area contributed by atoms with Crippen molar-refractivity contribution in [3.63, 3.8) is 0 Å². The molecule has 2 aromatic rings. The molecule has 0 saturated heterocycles. The van der Waals surface area contributed by atoms with Gasteiger partial charge in [0.05, 0.1) is 5.88 Å². The van der Waals surface area contributed by atoms with Gasteiger partial charge in [0.15, 0.2) is 0 Å². The summed E-state index contributed by atoms with van der Waals surface area (Å²) in [6, 6.07) is 6.59. The second kappa shape index (κ2) is 5.17. The van der Waals surface area contributed by atoms with Gasteiger partial charge in [-0.05, 0) is 49.4 Å². The molecule has 3 rings (SSSR count). The lowest BCUT2D eigenvalue weighted by atomic mass is 10.1. The molecule has 0 fully saturated rings. The number of benzene rings is 1. The van der Waals surface area contributed by atoms with Crippen LogP contribution < -0.4 is 4.74 Å². The van der Waals surface area contributed by atoms with E-state index in [1.807, 2.05) is 13.0 Å². The molecule has 0 aliphatic heterocycles. The average Bonchev–Trinajstić information content (AvgIpc) is 2.86. The van der Waals surface area contributed by atoms with Crippen molar-refractivity contribution in [2.45, 2.75) is 32.1 Å². The molecule has 1 aromatic carbocycles. The van der Waals surface area contributed by atoms with E-state index in [1.165, 1.54) is 24.0 Å². The van der Waals surface area contributed by atoms with Crippen LogP contribution in [-0.2, 0) is 18.7 Å². The van der Waals surface area contributed by atoms with E-state index >= 15 is 0 Å². The fourth-order valence-corrected chi connectivity index (χ4v) is 2.63. The molecule has 1 heterocycles. The zero-order chi connectivity index (χ0) is 13.2. The van der Waals surface area contributed by atoms with Crippen LogP contribution in [0.4, 0.5) is 0 Å². The van der Waals surface area contributed by atoms with E-state index in [4.69, 9.17) is 16.3 Å². The molecule has 19 heavy (non-hydrogen) atoms. The van der Waals surface area contributed by atoms with Gasteiger partial charge in [-0.25, -0.2) is 4.98 Å². The molecular weight excluding hydrogens is 260 g/mol. The van der Waals surface area contributed by atoms with Crippen molar-refractivity contribution in [3.05, 3.63) is 46.8 Å². The lowest BCUT2D eigenvalue weighted by molar-refractivity contribution is 0.439. The molecule has 0 unspecified atom stereocenters. The Morgan fingerprint density at radius 1 is 1.26 bits per heavy atom. The summed E-state index contributed by atoms with van der Waals surface area (Å²) in [4.78, 5) is 8.50. The van der Waals surface area contributed by atoms with Gasteiger partial charge in [-0.2, -0.15) is 4.98 Å². The summed E-state index contributed by atoms with van der Waals surface area (Å²) in [5, 5.41) is 0. The summed E-state index contributed by atoms with van der Waals surface area (Å²) >= 11 is 5.79. The van der Waals surface area contributed by atoms with Crippen LogP contribution in [0.1, 0.15) is 28.8 Å². The van der Waals surface area contributed by atoms with Crippen LogP contribution >= 0.6 is 11.6 Å². The number of nitrogens with zero attached hydrogens (tertiary/aromatic N) is 2. The Labute approximate surface area is 117 Å². The predicted molar refractivity (Wildman–Crippen MR) is 74.9 cm³/mol. The van der Waals surface area contributed by atoms with Crippen LogP contribution in [0.15, 0.2) is 24.4 Å². The van der Waals surface area contributed by atoms with Gasteiger partial charge in [0.1, 0.15) is 5.75 Å². The van der Waals surface area contributed by atoms with E-state index in [2.05, 4.69) is 22.1 Å². The Morgan fingerprint density at radius 2 is 2.11 bits per heavy atom. The van der Waals surface area contributed by atoms with Crippen LogP contribution in [0.25, 0.3) is 0 Å². The molecule has 4 heteroatoms. The fourth-order valence-electron chi connectivity index (χ4n) is 2.37. The van der Waals surface area contributed by atoms with Crippen LogP contribution in [0.3, 0.4) is 0 Å². The van der Waals surface area contributed by atoms with Crippen molar-refractivity contribution in [2.24, 2.45) is 0 Å². The third-order valence-corrected chi connectivity index (χ3v) is 3.77. The van der Waals surface area contributed by atoms with E-state index < -0.39 is 0 Å². The number of rotatable bonds is 3. The van der Waals surface area contributed by atoms with Gasteiger partial charge in [0.2, 0.25) is 0 Å². The fraction of sp³-hybridized carbons (Fsp3) is 0.333. The van der Waals surface area contributed by atoms with Gasteiger partial charge in [-0.15, -0.1) is 11.6 Å². The zero-order valence-corrected chi connectivity index (χ0v) is 11.6. The minimum Gasteiger partial charge on any atom is -0.424 e. The average molecular weight is 275 g/mol. The number of hydrogen-bond acceptors (Lipinski definition) is 3. The topological polar surface area (TPSA) is 35.0 Å². The van der Waals surface area contributed by atoms with Crippen molar-refractivity contribution in [3.8, 4) is 11.8 Å². The first-order valence-electron chi connectivity index (χ1n) is 6.44. The number of aryl methyl sites for hydroxylation is 3. The lowest BCUT2D eigenvalue weighted by Gasteiger charge is -2.07.